The molecule has 0 fully saturated rings. The third-order valence-corrected chi connectivity index (χ3v) is 5.48. The van der Waals surface area contributed by atoms with E-state index in [9.17, 15) is 4.39 Å². The summed E-state index contributed by atoms with van der Waals surface area (Å²) in [5.74, 6) is 0.888. The maximum absolute atomic E-state index is 13.8. The topological polar surface area (TPSA) is 30.5 Å². The molecule has 0 amide bonds. The summed E-state index contributed by atoms with van der Waals surface area (Å²) in [6, 6.07) is 18.2. The van der Waals surface area contributed by atoms with E-state index in [-0.39, 0.29) is 12.4 Å². The minimum absolute atomic E-state index is 0.133. The Kier molecular flexibility index (Phi) is 7.92. The maximum atomic E-state index is 13.8. The number of benzene rings is 3. The molecule has 1 N–H and O–H groups in total. The Hall–Kier alpha value is -2.08. The van der Waals surface area contributed by atoms with Crippen LogP contribution in [0, 0.1) is 5.82 Å². The van der Waals surface area contributed by atoms with Gasteiger partial charge in [0, 0.05) is 21.6 Å². The molecule has 3 nitrogen and oxygen atoms in total. The fourth-order valence-electron chi connectivity index (χ4n) is 2.86. The molecule has 0 aliphatic heterocycles. The van der Waals surface area contributed by atoms with Crippen LogP contribution in [0.15, 0.2) is 65.1 Å². The predicted octanol–water partition coefficient (Wildman–Crippen LogP) is 6.16. The van der Waals surface area contributed by atoms with Gasteiger partial charge in [-0.25, -0.2) is 4.39 Å². The Bertz CT molecular complexity index is 950. The molecule has 0 unspecified atom stereocenters. The Morgan fingerprint density at radius 2 is 1.76 bits per heavy atom. The molecule has 0 radical (unpaired) electrons. The minimum Gasteiger partial charge on any atom is -0.493 e. The van der Waals surface area contributed by atoms with Gasteiger partial charge in [-0.1, -0.05) is 57.9 Å². The van der Waals surface area contributed by atoms with Crippen molar-refractivity contribution in [3.05, 3.63) is 92.7 Å². The van der Waals surface area contributed by atoms with Crippen molar-refractivity contribution in [3.63, 3.8) is 0 Å². The average Bonchev–Trinajstić information content (AvgIpc) is 2.73. The number of hydrogen-bond acceptors (Lipinski definition) is 3. The Morgan fingerprint density at radius 1 is 1.00 bits per heavy atom. The zero-order valence-electron chi connectivity index (χ0n) is 16.1. The van der Waals surface area contributed by atoms with Gasteiger partial charge in [0.15, 0.2) is 11.5 Å². The van der Waals surface area contributed by atoms with Crippen molar-refractivity contribution in [2.45, 2.75) is 19.6 Å². The van der Waals surface area contributed by atoms with E-state index in [2.05, 4.69) is 21.2 Å². The highest BCUT2D eigenvalue weighted by atomic mass is 79.9. The highest BCUT2D eigenvalue weighted by molar-refractivity contribution is 9.10. The number of ether oxygens (including phenoxy) is 2. The van der Waals surface area contributed by atoms with E-state index in [1.807, 2.05) is 36.4 Å². The van der Waals surface area contributed by atoms with Gasteiger partial charge < -0.3 is 14.8 Å². The van der Waals surface area contributed by atoms with E-state index in [4.69, 9.17) is 21.1 Å². The summed E-state index contributed by atoms with van der Waals surface area (Å²) in [4.78, 5) is 0. The van der Waals surface area contributed by atoms with Crippen LogP contribution in [-0.4, -0.2) is 13.7 Å². The lowest BCUT2D eigenvalue weighted by Gasteiger charge is -2.15. The van der Waals surface area contributed by atoms with E-state index in [0.717, 1.165) is 28.0 Å². The average molecular weight is 479 g/mol. The monoisotopic (exact) mass is 477 g/mol. The van der Waals surface area contributed by atoms with E-state index in [1.54, 1.807) is 25.3 Å². The molecule has 0 aliphatic carbocycles. The molecule has 0 aliphatic rings. The molecule has 0 bridgehead atoms. The maximum Gasteiger partial charge on any atom is 0.162 e. The summed E-state index contributed by atoms with van der Waals surface area (Å²) in [5, 5.41) is 4.18. The van der Waals surface area contributed by atoms with Crippen LogP contribution in [0.3, 0.4) is 0 Å². The van der Waals surface area contributed by atoms with Crippen molar-refractivity contribution in [2.24, 2.45) is 0 Å². The van der Waals surface area contributed by atoms with Crippen molar-refractivity contribution >= 4 is 27.5 Å². The van der Waals surface area contributed by atoms with E-state index >= 15 is 0 Å². The molecule has 29 heavy (non-hydrogen) atoms. The zero-order valence-corrected chi connectivity index (χ0v) is 18.4. The van der Waals surface area contributed by atoms with Crippen LogP contribution >= 0.6 is 27.5 Å². The highest BCUT2D eigenvalue weighted by Crippen LogP contribution is 2.34. The first kappa shape index (κ1) is 21.6. The highest BCUT2D eigenvalue weighted by Gasteiger charge is 2.11. The number of nitrogens with one attached hydrogen (secondary N) is 1. The van der Waals surface area contributed by atoms with Crippen LogP contribution in [-0.2, 0) is 19.6 Å². The summed E-state index contributed by atoms with van der Waals surface area (Å²) in [6.07, 6.45) is 0.912. The number of hydrogen-bond donors (Lipinski definition) is 1. The predicted molar refractivity (Wildman–Crippen MR) is 118 cm³/mol. The van der Waals surface area contributed by atoms with Gasteiger partial charge in [0.05, 0.1) is 7.11 Å². The molecular formula is C23H22BrClFNO2. The van der Waals surface area contributed by atoms with Gasteiger partial charge in [0.25, 0.3) is 0 Å². The number of halogens is 3. The quantitative estimate of drug-likeness (QED) is 0.374. The van der Waals surface area contributed by atoms with Gasteiger partial charge in [0.1, 0.15) is 12.4 Å². The van der Waals surface area contributed by atoms with Crippen molar-refractivity contribution in [3.8, 4) is 11.5 Å². The van der Waals surface area contributed by atoms with Crippen molar-refractivity contribution in [2.75, 3.05) is 13.7 Å². The van der Waals surface area contributed by atoms with Crippen LogP contribution in [0.4, 0.5) is 4.39 Å². The summed E-state index contributed by atoms with van der Waals surface area (Å²) < 4.78 is 26.0. The number of methoxy groups -OCH3 is 1. The Morgan fingerprint density at radius 3 is 2.48 bits per heavy atom. The van der Waals surface area contributed by atoms with Gasteiger partial charge >= 0.3 is 0 Å². The molecule has 3 aromatic carbocycles. The molecule has 6 heteroatoms. The second-order valence-electron chi connectivity index (χ2n) is 6.53. The molecule has 0 atom stereocenters. The normalized spacial score (nSPS) is 10.8. The smallest absolute Gasteiger partial charge is 0.162 e. The SMILES string of the molecule is COc1cc(CNCCc2ccc(Cl)cc2)c(Br)cc1OCc1ccccc1F. The molecule has 3 aromatic rings. The van der Waals surface area contributed by atoms with Crippen molar-refractivity contribution in [1.82, 2.24) is 5.32 Å². The third kappa shape index (κ3) is 6.20. The van der Waals surface area contributed by atoms with Gasteiger partial charge in [-0.2, -0.15) is 0 Å². The van der Waals surface area contributed by atoms with Crippen LogP contribution in [0.2, 0.25) is 5.02 Å². The fraction of sp³-hybridized carbons (Fsp3) is 0.217. The summed E-state index contributed by atoms with van der Waals surface area (Å²) in [7, 11) is 1.59. The summed E-state index contributed by atoms with van der Waals surface area (Å²) in [6.45, 7) is 1.65. The third-order valence-electron chi connectivity index (χ3n) is 4.49. The Labute approximate surface area is 183 Å². The lowest BCUT2D eigenvalue weighted by molar-refractivity contribution is 0.279. The minimum atomic E-state index is -0.285. The Balaban J connectivity index is 1.58. The lowest BCUT2D eigenvalue weighted by Crippen LogP contribution is -2.17. The molecular weight excluding hydrogens is 457 g/mol. The van der Waals surface area contributed by atoms with Crippen molar-refractivity contribution < 1.29 is 13.9 Å². The first-order valence-electron chi connectivity index (χ1n) is 9.24. The molecule has 0 saturated carbocycles. The largest absolute Gasteiger partial charge is 0.493 e. The van der Waals surface area contributed by atoms with Crippen LogP contribution in [0.25, 0.3) is 0 Å². The molecule has 152 valence electrons. The summed E-state index contributed by atoms with van der Waals surface area (Å²) in [5.41, 5.74) is 2.78. The van der Waals surface area contributed by atoms with Crippen LogP contribution in [0.1, 0.15) is 16.7 Å². The molecule has 3 rings (SSSR count). The first-order chi connectivity index (χ1) is 14.1. The second-order valence-corrected chi connectivity index (χ2v) is 7.82. The van der Waals surface area contributed by atoms with Crippen LogP contribution < -0.4 is 14.8 Å². The molecule has 0 heterocycles. The summed E-state index contributed by atoms with van der Waals surface area (Å²) >= 11 is 9.51. The molecule has 0 saturated heterocycles. The van der Waals surface area contributed by atoms with E-state index in [1.165, 1.54) is 11.6 Å². The van der Waals surface area contributed by atoms with Gasteiger partial charge in [-0.15, -0.1) is 0 Å². The standard InChI is InChI=1S/C23H22BrClFNO2/c1-28-22-12-18(14-27-11-10-16-6-8-19(25)9-7-16)20(24)13-23(22)29-15-17-4-2-3-5-21(17)26/h2-9,12-13,27H,10-11,14-15H2,1H3. The van der Waals surface area contributed by atoms with Gasteiger partial charge in [-0.05, 0) is 54.4 Å². The number of rotatable bonds is 9. The molecule has 0 aromatic heterocycles. The van der Waals surface area contributed by atoms with Crippen molar-refractivity contribution in [1.29, 1.82) is 0 Å². The fourth-order valence-corrected chi connectivity index (χ4v) is 3.45. The van der Waals surface area contributed by atoms with Crippen LogP contribution in [0.5, 0.6) is 11.5 Å². The van der Waals surface area contributed by atoms with Gasteiger partial charge in [0.2, 0.25) is 0 Å². The second kappa shape index (κ2) is 10.6. The van der Waals surface area contributed by atoms with E-state index in [0.29, 0.717) is 23.6 Å². The lowest BCUT2D eigenvalue weighted by atomic mass is 10.1. The van der Waals surface area contributed by atoms with E-state index < -0.39 is 0 Å². The molecule has 0 spiro atoms. The zero-order chi connectivity index (χ0) is 20.6. The van der Waals surface area contributed by atoms with Gasteiger partial charge in [-0.3, -0.25) is 0 Å². The first-order valence-corrected chi connectivity index (χ1v) is 10.4.